The lowest BCUT2D eigenvalue weighted by Gasteiger charge is -2.34. The van der Waals surface area contributed by atoms with Gasteiger partial charge in [-0.2, -0.15) is 13.2 Å². The molecule has 0 heterocycles. The van der Waals surface area contributed by atoms with Crippen LogP contribution in [-0.4, -0.2) is 32.2 Å². The molecule has 0 aliphatic carbocycles. The highest BCUT2D eigenvalue weighted by Crippen LogP contribution is 2.68. The summed E-state index contributed by atoms with van der Waals surface area (Å²) >= 11 is 0. The van der Waals surface area contributed by atoms with Crippen LogP contribution in [-0.2, 0) is 20.0 Å². The molecule has 0 saturated carbocycles. The van der Waals surface area contributed by atoms with E-state index in [1.807, 2.05) is 0 Å². The Balaban J connectivity index is 2.38. The maximum atomic E-state index is 13.4. The van der Waals surface area contributed by atoms with Crippen molar-refractivity contribution in [2.24, 2.45) is 0 Å². The van der Waals surface area contributed by atoms with Gasteiger partial charge in [-0.05, 0) is 48.5 Å². The molecule has 0 radical (unpaired) electrons. The van der Waals surface area contributed by atoms with Gasteiger partial charge in [-0.15, -0.1) is 8.42 Å². The molecule has 0 amide bonds. The van der Waals surface area contributed by atoms with Crippen molar-refractivity contribution in [3.63, 3.8) is 0 Å². The van der Waals surface area contributed by atoms with Gasteiger partial charge >= 0.3 is 15.6 Å². The molecule has 11 heteroatoms. The number of halogens is 3. The minimum atomic E-state index is -5.89. The van der Waals surface area contributed by atoms with Gasteiger partial charge in [0.25, 0.3) is 0 Å². The van der Waals surface area contributed by atoms with Crippen molar-refractivity contribution in [2.45, 2.75) is 25.1 Å². The number of benzene rings is 3. The van der Waals surface area contributed by atoms with Crippen LogP contribution in [0.4, 0.5) is 13.2 Å². The lowest BCUT2D eigenvalue weighted by Crippen LogP contribution is -2.30. The van der Waals surface area contributed by atoms with E-state index in [4.69, 9.17) is 0 Å². The molecule has 0 aromatic heterocycles. The van der Waals surface area contributed by atoms with E-state index in [9.17, 15) is 30.0 Å². The van der Waals surface area contributed by atoms with Gasteiger partial charge in [-0.3, -0.25) is 3.63 Å². The molecule has 166 valence electrons. The van der Waals surface area contributed by atoms with E-state index in [2.05, 4.69) is 3.63 Å². The van der Waals surface area contributed by atoms with E-state index < -0.39 is 35.8 Å². The summed E-state index contributed by atoms with van der Waals surface area (Å²) < 4.78 is 91.8. The third kappa shape index (κ3) is 4.64. The summed E-state index contributed by atoms with van der Waals surface area (Å²) in [7, 11) is -12.8. The summed E-state index contributed by atoms with van der Waals surface area (Å²) in [5.41, 5.74) is -5.60. The van der Waals surface area contributed by atoms with E-state index in [1.54, 1.807) is 36.4 Å². The molecule has 3 aromatic carbocycles. The lowest BCUT2D eigenvalue weighted by atomic mass is 10.4. The molecule has 3 rings (SSSR count). The first-order chi connectivity index (χ1) is 14.4. The van der Waals surface area contributed by atoms with E-state index >= 15 is 0 Å². The van der Waals surface area contributed by atoms with Gasteiger partial charge in [0.05, 0.1) is 29.9 Å². The number of sulfone groups is 1. The molecule has 3 aromatic rings. The van der Waals surface area contributed by atoms with Gasteiger partial charge < -0.3 is 0 Å². The van der Waals surface area contributed by atoms with Crippen LogP contribution in [0.15, 0.2) is 105 Å². The molecular formula is C20H18F3O5S3+. The Kier molecular flexibility index (Phi) is 6.25. The maximum Gasteiger partial charge on any atom is 0.572 e. The first-order valence-electron chi connectivity index (χ1n) is 8.67. The average Bonchev–Trinajstić information content (AvgIpc) is 2.72. The predicted octanol–water partition coefficient (Wildman–Crippen LogP) is 5.23. The van der Waals surface area contributed by atoms with Crippen molar-refractivity contribution in [3.05, 3.63) is 84.9 Å². The third-order valence-corrected chi connectivity index (χ3v) is 10.5. The van der Waals surface area contributed by atoms with Gasteiger partial charge in [0.1, 0.15) is 0 Å². The monoisotopic (exact) mass is 491 g/mol. The fourth-order valence-electron chi connectivity index (χ4n) is 2.85. The van der Waals surface area contributed by atoms with Crippen LogP contribution < -0.4 is 0 Å². The fraction of sp³-hybridized carbons (Fsp3) is 0.100. The van der Waals surface area contributed by atoms with E-state index in [0.717, 1.165) is 6.26 Å². The second kappa shape index (κ2) is 8.30. The molecule has 0 spiro atoms. The normalized spacial score (nSPS) is 13.7. The van der Waals surface area contributed by atoms with E-state index in [1.165, 1.54) is 48.5 Å². The van der Waals surface area contributed by atoms with Crippen molar-refractivity contribution in [2.75, 3.05) is 6.26 Å². The largest absolute Gasteiger partial charge is 0.572 e. The van der Waals surface area contributed by atoms with Crippen LogP contribution in [0.25, 0.3) is 0 Å². The molecule has 1 N–H and O–H groups in total. The molecule has 0 aliphatic heterocycles. The van der Waals surface area contributed by atoms with Crippen LogP contribution >= 0.6 is 10.3 Å². The summed E-state index contributed by atoms with van der Waals surface area (Å²) in [4.78, 5) is 0.594. The highest BCUT2D eigenvalue weighted by molar-refractivity contribution is 8.32. The fourth-order valence-corrected chi connectivity index (χ4v) is 8.47. The minimum absolute atomic E-state index is 0.0515. The zero-order valence-electron chi connectivity index (χ0n) is 16.0. The summed E-state index contributed by atoms with van der Waals surface area (Å²) in [6.07, 6.45) is 0.995. The Morgan fingerprint density at radius 3 is 1.32 bits per heavy atom. The van der Waals surface area contributed by atoms with Crippen LogP contribution in [0.2, 0.25) is 0 Å². The second-order valence-electron chi connectivity index (χ2n) is 6.45. The van der Waals surface area contributed by atoms with Crippen LogP contribution in [0, 0.1) is 0 Å². The molecule has 0 saturated heterocycles. The summed E-state index contributed by atoms with van der Waals surface area (Å²) in [6, 6.07) is 20.6. The molecule has 0 aliphatic rings. The first kappa shape index (κ1) is 23.3. The quantitative estimate of drug-likeness (QED) is 0.269. The Hall–Kier alpha value is -2.34. The van der Waals surface area contributed by atoms with Crippen LogP contribution in [0.3, 0.4) is 0 Å². The number of hydrogen-bond acceptors (Lipinski definition) is 4. The second-order valence-corrected chi connectivity index (χ2v) is 13.0. The Morgan fingerprint density at radius 1 is 0.613 bits per heavy atom. The Bertz CT molecular complexity index is 1220. The summed E-state index contributed by atoms with van der Waals surface area (Å²) in [6.45, 7) is 0. The maximum absolute atomic E-state index is 13.4. The number of rotatable bonds is 6. The van der Waals surface area contributed by atoms with Crippen molar-refractivity contribution < 1.29 is 33.6 Å². The Labute approximate surface area is 180 Å². The number of alkyl halides is 3. The van der Waals surface area contributed by atoms with Crippen molar-refractivity contribution in [1.82, 2.24) is 0 Å². The van der Waals surface area contributed by atoms with Crippen molar-refractivity contribution >= 4 is 30.3 Å². The third-order valence-electron chi connectivity index (χ3n) is 4.26. The molecule has 0 unspecified atom stereocenters. The van der Waals surface area contributed by atoms with Crippen molar-refractivity contribution in [1.29, 1.82) is 0 Å². The van der Waals surface area contributed by atoms with Gasteiger partial charge in [0.2, 0.25) is 0 Å². The van der Waals surface area contributed by atoms with E-state index in [-0.39, 0.29) is 19.6 Å². The Morgan fingerprint density at radius 2 is 0.968 bits per heavy atom. The molecule has 5 nitrogen and oxygen atoms in total. The zero-order valence-corrected chi connectivity index (χ0v) is 18.5. The number of hydrogen-bond donors (Lipinski definition) is 0. The highest BCUT2D eigenvalue weighted by atomic mass is 32.3. The van der Waals surface area contributed by atoms with Gasteiger partial charge in [-0.25, -0.2) is 8.42 Å². The standard InChI is InChI=1S/C20H17F3O5S3/c1-29(24,25)16-12-14-19(15-13-16)30(17-8-4-2-5-9-17,18-10-6-3-7-11-18)28-31(26,27)20(21,22)23/h2-15H,1H3/p+1. The van der Waals surface area contributed by atoms with Crippen molar-refractivity contribution in [3.8, 4) is 0 Å². The summed E-state index contributed by atoms with van der Waals surface area (Å²) in [5.74, 6) is 0. The smallest absolute Gasteiger partial charge is 0.255 e. The molecule has 0 bridgehead atoms. The molecule has 31 heavy (non-hydrogen) atoms. The summed E-state index contributed by atoms with van der Waals surface area (Å²) in [5, 5.41) is 0. The molecule has 0 fully saturated rings. The zero-order chi connectivity index (χ0) is 22.9. The van der Waals surface area contributed by atoms with Gasteiger partial charge in [-0.1, -0.05) is 36.4 Å². The van der Waals surface area contributed by atoms with Crippen LogP contribution in [0.1, 0.15) is 0 Å². The molecular weight excluding hydrogens is 473 g/mol. The SMILES string of the molecule is CS(=O)(=O)c1ccc(S([OH+]S(=O)(=O)C(F)(F)F)(c2ccccc2)c2ccccc2)cc1. The molecule has 0 atom stereocenters. The lowest BCUT2D eigenvalue weighted by molar-refractivity contribution is -0.0540. The van der Waals surface area contributed by atoms with E-state index in [0.29, 0.717) is 0 Å². The topological polar surface area (TPSA) is 81.1 Å². The predicted molar refractivity (Wildman–Crippen MR) is 112 cm³/mol. The van der Waals surface area contributed by atoms with Gasteiger partial charge in [0, 0.05) is 6.26 Å². The first-order valence-corrected chi connectivity index (χ1v) is 13.6. The highest BCUT2D eigenvalue weighted by Gasteiger charge is 2.57. The van der Waals surface area contributed by atoms with Crippen LogP contribution in [0.5, 0.6) is 0 Å². The minimum Gasteiger partial charge on any atom is -0.255 e. The average molecular weight is 492 g/mol. The van der Waals surface area contributed by atoms with Gasteiger partial charge in [0.15, 0.2) is 9.84 Å².